The second-order valence-electron chi connectivity index (χ2n) is 3.24. The molecule has 0 saturated carbocycles. The van der Waals surface area contributed by atoms with E-state index in [1.54, 1.807) is 7.11 Å². The van der Waals surface area contributed by atoms with Gasteiger partial charge in [0.15, 0.2) is 5.79 Å². The van der Waals surface area contributed by atoms with Crippen molar-refractivity contribution in [2.24, 2.45) is 0 Å². The Morgan fingerprint density at radius 1 is 1.14 bits per heavy atom. The van der Waals surface area contributed by atoms with Gasteiger partial charge in [-0.1, -0.05) is 0 Å². The molecule has 0 aromatic heterocycles. The summed E-state index contributed by atoms with van der Waals surface area (Å²) in [6, 6.07) is 0. The Balaban J connectivity index is 0. The summed E-state index contributed by atoms with van der Waals surface area (Å²) < 4.78 is 10.5. The topological polar surface area (TPSA) is 38.7 Å². The average Bonchev–Trinajstić information content (AvgIpc) is 2.21. The standard InChI is InChI=1S/C9H20O3.C2H4/c1-9(2,11-3)12-8-6-4-5-7-10;1-2/h10H,4-8H2,1-3H3;1-2H2. The van der Waals surface area contributed by atoms with Crippen molar-refractivity contribution >= 4 is 0 Å². The summed E-state index contributed by atoms with van der Waals surface area (Å²) in [6.45, 7) is 10.7. The molecule has 0 aliphatic heterocycles. The lowest BCUT2D eigenvalue weighted by atomic mass is 10.2. The molecule has 1 N–H and O–H groups in total. The lowest BCUT2D eigenvalue weighted by molar-refractivity contribution is -0.197. The Morgan fingerprint density at radius 3 is 2.14 bits per heavy atom. The molecule has 0 spiro atoms. The van der Waals surface area contributed by atoms with E-state index in [1.165, 1.54) is 0 Å². The number of rotatable bonds is 7. The molecule has 0 fully saturated rings. The number of ether oxygens (including phenoxy) is 2. The van der Waals surface area contributed by atoms with Crippen molar-refractivity contribution in [2.45, 2.75) is 38.9 Å². The summed E-state index contributed by atoms with van der Waals surface area (Å²) in [5.41, 5.74) is 0. The number of unbranched alkanes of at least 4 members (excludes halogenated alkanes) is 2. The smallest absolute Gasteiger partial charge is 0.162 e. The molecule has 0 atom stereocenters. The Morgan fingerprint density at radius 2 is 1.71 bits per heavy atom. The maximum Gasteiger partial charge on any atom is 0.162 e. The molecule has 3 nitrogen and oxygen atoms in total. The number of methoxy groups -OCH3 is 1. The average molecular weight is 204 g/mol. The van der Waals surface area contributed by atoms with E-state index in [1.807, 2.05) is 13.8 Å². The Labute approximate surface area is 87.7 Å². The second-order valence-corrected chi connectivity index (χ2v) is 3.24. The van der Waals surface area contributed by atoms with Gasteiger partial charge in [0, 0.05) is 20.3 Å². The van der Waals surface area contributed by atoms with E-state index in [-0.39, 0.29) is 6.61 Å². The van der Waals surface area contributed by atoms with E-state index in [0.717, 1.165) is 19.3 Å². The van der Waals surface area contributed by atoms with Crippen LogP contribution in [0.25, 0.3) is 0 Å². The van der Waals surface area contributed by atoms with E-state index >= 15 is 0 Å². The van der Waals surface area contributed by atoms with Crippen LogP contribution in [-0.2, 0) is 9.47 Å². The zero-order valence-corrected chi connectivity index (χ0v) is 9.71. The maximum atomic E-state index is 8.51. The van der Waals surface area contributed by atoms with E-state index < -0.39 is 5.79 Å². The van der Waals surface area contributed by atoms with Gasteiger partial charge in [0.05, 0.1) is 0 Å². The van der Waals surface area contributed by atoms with Crippen molar-refractivity contribution < 1.29 is 14.6 Å². The lowest BCUT2D eigenvalue weighted by Gasteiger charge is -2.23. The molecule has 0 amide bonds. The first-order chi connectivity index (χ1) is 6.62. The van der Waals surface area contributed by atoms with Crippen molar-refractivity contribution in [2.75, 3.05) is 20.3 Å². The molecule has 0 aliphatic rings. The predicted molar refractivity (Wildman–Crippen MR) is 59.2 cm³/mol. The largest absolute Gasteiger partial charge is 0.396 e. The summed E-state index contributed by atoms with van der Waals surface area (Å²) in [6.07, 6.45) is 2.85. The fraction of sp³-hybridized carbons (Fsp3) is 0.818. The molecule has 0 aromatic carbocycles. The highest BCUT2D eigenvalue weighted by Crippen LogP contribution is 2.10. The lowest BCUT2D eigenvalue weighted by Crippen LogP contribution is -2.27. The molecular formula is C11H24O3. The predicted octanol–water partition coefficient (Wildman–Crippen LogP) is 2.35. The van der Waals surface area contributed by atoms with E-state index in [9.17, 15) is 0 Å². The van der Waals surface area contributed by atoms with Gasteiger partial charge in [0.25, 0.3) is 0 Å². The van der Waals surface area contributed by atoms with Gasteiger partial charge < -0.3 is 14.6 Å². The first kappa shape index (κ1) is 16.1. The van der Waals surface area contributed by atoms with Crippen molar-refractivity contribution in [1.82, 2.24) is 0 Å². The summed E-state index contributed by atoms with van der Waals surface area (Å²) in [5.74, 6) is -0.473. The summed E-state index contributed by atoms with van der Waals surface area (Å²) >= 11 is 0. The fourth-order valence-corrected chi connectivity index (χ4v) is 0.768. The minimum atomic E-state index is -0.473. The van der Waals surface area contributed by atoms with Gasteiger partial charge in [-0.25, -0.2) is 0 Å². The summed E-state index contributed by atoms with van der Waals surface area (Å²) in [5, 5.41) is 8.51. The molecule has 0 aliphatic carbocycles. The first-order valence-electron chi connectivity index (χ1n) is 4.92. The monoisotopic (exact) mass is 204 g/mol. The third-order valence-electron chi connectivity index (χ3n) is 1.74. The fourth-order valence-electron chi connectivity index (χ4n) is 0.768. The number of hydrogen-bond donors (Lipinski definition) is 1. The molecule has 0 saturated heterocycles. The summed E-state index contributed by atoms with van der Waals surface area (Å²) in [4.78, 5) is 0. The van der Waals surface area contributed by atoms with Crippen LogP contribution in [0.3, 0.4) is 0 Å². The van der Waals surface area contributed by atoms with Crippen molar-refractivity contribution in [3.05, 3.63) is 13.2 Å². The van der Waals surface area contributed by atoms with Gasteiger partial charge in [-0.05, 0) is 33.1 Å². The highest BCUT2D eigenvalue weighted by molar-refractivity contribution is 4.51. The number of hydrogen-bond acceptors (Lipinski definition) is 3. The van der Waals surface area contributed by atoms with Crippen molar-refractivity contribution in [3.8, 4) is 0 Å². The molecule has 3 heteroatoms. The van der Waals surface area contributed by atoms with E-state index in [4.69, 9.17) is 14.6 Å². The Hall–Kier alpha value is -0.380. The van der Waals surface area contributed by atoms with Crippen molar-refractivity contribution in [3.63, 3.8) is 0 Å². The SMILES string of the molecule is C=C.COC(C)(C)OCCCCCO. The van der Waals surface area contributed by atoms with Crippen LogP contribution in [0.5, 0.6) is 0 Å². The minimum Gasteiger partial charge on any atom is -0.396 e. The molecule has 0 unspecified atom stereocenters. The Kier molecular flexibility index (Phi) is 12.3. The van der Waals surface area contributed by atoms with Gasteiger partial charge in [-0.2, -0.15) is 0 Å². The maximum absolute atomic E-state index is 8.51. The quantitative estimate of drug-likeness (QED) is 0.393. The second kappa shape index (κ2) is 10.7. The number of aliphatic hydroxyl groups excluding tert-OH is 1. The molecule has 14 heavy (non-hydrogen) atoms. The van der Waals surface area contributed by atoms with E-state index in [2.05, 4.69) is 13.2 Å². The molecule has 0 heterocycles. The first-order valence-corrected chi connectivity index (χ1v) is 4.92. The third kappa shape index (κ3) is 11.6. The van der Waals surface area contributed by atoms with Crippen LogP contribution in [0.4, 0.5) is 0 Å². The van der Waals surface area contributed by atoms with Crippen LogP contribution < -0.4 is 0 Å². The minimum absolute atomic E-state index is 0.271. The zero-order chi connectivity index (χ0) is 11.4. The third-order valence-corrected chi connectivity index (χ3v) is 1.74. The molecule has 0 radical (unpaired) electrons. The highest BCUT2D eigenvalue weighted by Gasteiger charge is 2.15. The van der Waals surface area contributed by atoms with Crippen LogP contribution in [-0.4, -0.2) is 31.2 Å². The van der Waals surface area contributed by atoms with Crippen LogP contribution in [0.15, 0.2) is 13.2 Å². The van der Waals surface area contributed by atoms with Crippen LogP contribution >= 0.6 is 0 Å². The normalized spacial score (nSPS) is 10.6. The molecule has 0 aromatic rings. The molecular weight excluding hydrogens is 180 g/mol. The number of aliphatic hydroxyl groups is 1. The van der Waals surface area contributed by atoms with Gasteiger partial charge >= 0.3 is 0 Å². The van der Waals surface area contributed by atoms with Crippen molar-refractivity contribution in [1.29, 1.82) is 0 Å². The van der Waals surface area contributed by atoms with Gasteiger partial charge in [-0.15, -0.1) is 13.2 Å². The van der Waals surface area contributed by atoms with E-state index in [0.29, 0.717) is 6.61 Å². The summed E-state index contributed by atoms with van der Waals surface area (Å²) in [7, 11) is 1.63. The van der Waals surface area contributed by atoms with Crippen LogP contribution in [0.2, 0.25) is 0 Å². The Bertz CT molecular complexity index is 113. The zero-order valence-electron chi connectivity index (χ0n) is 9.71. The molecule has 86 valence electrons. The van der Waals surface area contributed by atoms with Crippen LogP contribution in [0.1, 0.15) is 33.1 Å². The highest BCUT2D eigenvalue weighted by atomic mass is 16.7. The molecule has 0 rings (SSSR count). The van der Waals surface area contributed by atoms with Gasteiger partial charge in [0.2, 0.25) is 0 Å². The van der Waals surface area contributed by atoms with Gasteiger partial charge in [0.1, 0.15) is 0 Å². The van der Waals surface area contributed by atoms with Gasteiger partial charge in [-0.3, -0.25) is 0 Å². The molecule has 0 bridgehead atoms. The van der Waals surface area contributed by atoms with Crippen LogP contribution in [0, 0.1) is 0 Å².